The van der Waals surface area contributed by atoms with Crippen molar-refractivity contribution >= 4 is 34.2 Å². The molecule has 0 bridgehead atoms. The summed E-state index contributed by atoms with van der Waals surface area (Å²) < 4.78 is 6.32. The van der Waals surface area contributed by atoms with Crippen LogP contribution in [0.25, 0.3) is 0 Å². The third kappa shape index (κ3) is 3.04. The van der Waals surface area contributed by atoms with E-state index in [-0.39, 0.29) is 0 Å². The molecule has 0 aliphatic rings. The highest BCUT2D eigenvalue weighted by atomic mass is 127. The largest absolute Gasteiger partial charge is 0.454 e. The lowest BCUT2D eigenvalue weighted by molar-refractivity contribution is 0.1000. The number of amides is 1. The Hall–Kier alpha value is -1.50. The molecule has 0 fully saturated rings. The summed E-state index contributed by atoms with van der Waals surface area (Å²) in [6.07, 6.45) is 0. The van der Waals surface area contributed by atoms with E-state index in [0.717, 1.165) is 20.8 Å². The van der Waals surface area contributed by atoms with Gasteiger partial charge in [-0.05, 0) is 65.4 Å². The average Bonchev–Trinajstić information content (AvgIpc) is 2.73. The molecule has 0 radical (unpaired) electrons. The number of hydrogen-bond donors (Lipinski definition) is 2. The zero-order chi connectivity index (χ0) is 13.1. The second-order valence-corrected chi connectivity index (χ2v) is 5.02. The summed E-state index contributed by atoms with van der Waals surface area (Å²) in [5.74, 6) is 0.461. The highest BCUT2D eigenvalue weighted by Crippen LogP contribution is 2.18. The Morgan fingerprint density at radius 1 is 1.39 bits per heavy atom. The Kier molecular flexibility index (Phi) is 3.90. The molecular weight excluding hydrogens is 343 g/mol. The van der Waals surface area contributed by atoms with Gasteiger partial charge in [-0.15, -0.1) is 0 Å². The minimum Gasteiger partial charge on any atom is -0.454 e. The Labute approximate surface area is 119 Å². The number of carbonyl (C=O) groups excluding carboxylic acids is 1. The number of nitrogens with two attached hydrogens (primary N) is 1. The highest BCUT2D eigenvalue weighted by molar-refractivity contribution is 14.1. The molecule has 0 unspecified atom stereocenters. The summed E-state index contributed by atoms with van der Waals surface area (Å²) in [5.41, 5.74) is 7.69. The summed E-state index contributed by atoms with van der Waals surface area (Å²) >= 11 is 2.13. The van der Waals surface area contributed by atoms with Crippen LogP contribution in [-0.2, 0) is 6.54 Å². The van der Waals surface area contributed by atoms with Crippen molar-refractivity contribution in [2.45, 2.75) is 13.5 Å². The lowest BCUT2D eigenvalue weighted by Gasteiger charge is -2.09. The average molecular weight is 356 g/mol. The lowest BCUT2D eigenvalue weighted by Crippen LogP contribution is -2.11. The van der Waals surface area contributed by atoms with Crippen molar-refractivity contribution in [2.24, 2.45) is 5.73 Å². The first-order valence-electron chi connectivity index (χ1n) is 5.45. The normalized spacial score (nSPS) is 10.3. The van der Waals surface area contributed by atoms with Gasteiger partial charge in [0, 0.05) is 11.3 Å². The third-order valence-corrected chi connectivity index (χ3v) is 3.17. The minimum atomic E-state index is -0.412. The van der Waals surface area contributed by atoms with Crippen molar-refractivity contribution in [3.8, 4) is 0 Å². The van der Waals surface area contributed by atoms with E-state index in [9.17, 15) is 4.79 Å². The van der Waals surface area contributed by atoms with Gasteiger partial charge < -0.3 is 15.5 Å². The van der Waals surface area contributed by atoms with Gasteiger partial charge in [0.1, 0.15) is 5.76 Å². The van der Waals surface area contributed by atoms with Gasteiger partial charge in [0.25, 0.3) is 0 Å². The smallest absolute Gasteiger partial charge is 0.248 e. The van der Waals surface area contributed by atoms with Crippen LogP contribution >= 0.6 is 22.6 Å². The van der Waals surface area contributed by atoms with Crippen LogP contribution in [0.4, 0.5) is 5.69 Å². The maximum atomic E-state index is 11.0. The van der Waals surface area contributed by atoms with Gasteiger partial charge in [0.2, 0.25) is 5.91 Å². The van der Waals surface area contributed by atoms with Crippen molar-refractivity contribution in [1.82, 2.24) is 0 Å². The van der Waals surface area contributed by atoms with E-state index >= 15 is 0 Å². The molecule has 94 valence electrons. The first kappa shape index (κ1) is 12.9. The van der Waals surface area contributed by atoms with E-state index in [0.29, 0.717) is 12.1 Å². The number of primary amides is 1. The molecule has 0 atom stereocenters. The van der Waals surface area contributed by atoms with Crippen LogP contribution in [0.2, 0.25) is 0 Å². The van der Waals surface area contributed by atoms with E-state index in [1.165, 1.54) is 0 Å². The minimum absolute atomic E-state index is 0.412. The van der Waals surface area contributed by atoms with Crippen molar-refractivity contribution in [2.75, 3.05) is 5.32 Å². The van der Waals surface area contributed by atoms with Gasteiger partial charge in [-0.1, -0.05) is 0 Å². The van der Waals surface area contributed by atoms with Crippen molar-refractivity contribution in [1.29, 1.82) is 0 Å². The Balaban J connectivity index is 2.08. The molecule has 5 heteroatoms. The SMILES string of the molecule is Cc1cc(C(N)=O)ccc1NCc1ccc(I)o1. The second kappa shape index (κ2) is 5.43. The molecule has 0 saturated carbocycles. The Morgan fingerprint density at radius 3 is 2.72 bits per heavy atom. The summed E-state index contributed by atoms with van der Waals surface area (Å²) in [5, 5.41) is 3.26. The van der Waals surface area contributed by atoms with E-state index in [1.54, 1.807) is 12.1 Å². The van der Waals surface area contributed by atoms with Gasteiger partial charge >= 0.3 is 0 Å². The van der Waals surface area contributed by atoms with E-state index in [4.69, 9.17) is 10.2 Å². The molecule has 2 rings (SSSR count). The number of benzene rings is 1. The molecule has 1 aromatic heterocycles. The van der Waals surface area contributed by atoms with Crippen LogP contribution in [0.3, 0.4) is 0 Å². The molecule has 18 heavy (non-hydrogen) atoms. The number of hydrogen-bond acceptors (Lipinski definition) is 3. The fourth-order valence-corrected chi connectivity index (χ4v) is 2.11. The number of nitrogens with one attached hydrogen (secondary N) is 1. The van der Waals surface area contributed by atoms with Gasteiger partial charge in [-0.25, -0.2) is 0 Å². The predicted molar refractivity (Wildman–Crippen MR) is 78.4 cm³/mol. The van der Waals surface area contributed by atoms with Crippen LogP contribution in [0.15, 0.2) is 34.7 Å². The van der Waals surface area contributed by atoms with Crippen LogP contribution in [0, 0.1) is 10.7 Å². The molecule has 2 aromatic rings. The van der Waals surface area contributed by atoms with Gasteiger partial charge in [0.05, 0.1) is 6.54 Å². The van der Waals surface area contributed by atoms with Crippen LogP contribution in [0.1, 0.15) is 21.7 Å². The first-order valence-corrected chi connectivity index (χ1v) is 6.52. The van der Waals surface area contributed by atoms with Gasteiger partial charge in [0.15, 0.2) is 3.77 Å². The van der Waals surface area contributed by atoms with E-state index < -0.39 is 5.91 Å². The standard InChI is InChI=1S/C13H13IN2O2/c1-8-6-9(13(15)17)2-4-11(8)16-7-10-3-5-12(14)18-10/h2-6,16H,7H2,1H3,(H2,15,17). The number of halogens is 1. The summed E-state index contributed by atoms with van der Waals surface area (Å²) in [6, 6.07) is 9.19. The molecule has 1 amide bonds. The fourth-order valence-electron chi connectivity index (χ4n) is 1.64. The molecule has 3 N–H and O–H groups in total. The highest BCUT2D eigenvalue weighted by Gasteiger charge is 2.05. The molecule has 0 saturated heterocycles. The molecule has 0 aliphatic heterocycles. The summed E-state index contributed by atoms with van der Waals surface area (Å²) in [6.45, 7) is 2.54. The zero-order valence-corrected chi connectivity index (χ0v) is 12.0. The van der Waals surface area contributed by atoms with Crippen molar-refractivity contribution in [3.63, 3.8) is 0 Å². The van der Waals surface area contributed by atoms with Crippen molar-refractivity contribution in [3.05, 3.63) is 51.0 Å². The Bertz CT molecular complexity index is 578. The summed E-state index contributed by atoms with van der Waals surface area (Å²) in [4.78, 5) is 11.0. The Morgan fingerprint density at radius 2 is 2.17 bits per heavy atom. The molecule has 4 nitrogen and oxygen atoms in total. The quantitative estimate of drug-likeness (QED) is 0.828. The van der Waals surface area contributed by atoms with Gasteiger partial charge in [-0.3, -0.25) is 4.79 Å². The maximum absolute atomic E-state index is 11.0. The number of aryl methyl sites for hydroxylation is 1. The fraction of sp³-hybridized carbons (Fsp3) is 0.154. The predicted octanol–water partition coefficient (Wildman–Crippen LogP) is 2.90. The summed E-state index contributed by atoms with van der Waals surface area (Å²) in [7, 11) is 0. The van der Waals surface area contributed by atoms with Crippen LogP contribution in [0.5, 0.6) is 0 Å². The van der Waals surface area contributed by atoms with Gasteiger partial charge in [-0.2, -0.15) is 0 Å². The molecule has 1 heterocycles. The molecular formula is C13H13IN2O2. The molecule has 0 aliphatic carbocycles. The maximum Gasteiger partial charge on any atom is 0.248 e. The topological polar surface area (TPSA) is 68.3 Å². The third-order valence-electron chi connectivity index (χ3n) is 2.59. The van der Waals surface area contributed by atoms with E-state index in [1.807, 2.05) is 25.1 Å². The number of rotatable bonds is 4. The second-order valence-electron chi connectivity index (χ2n) is 3.95. The molecule has 0 spiro atoms. The number of furan rings is 1. The zero-order valence-electron chi connectivity index (χ0n) is 9.87. The number of carbonyl (C=O) groups is 1. The van der Waals surface area contributed by atoms with Crippen molar-refractivity contribution < 1.29 is 9.21 Å². The van der Waals surface area contributed by atoms with E-state index in [2.05, 4.69) is 27.9 Å². The number of anilines is 1. The lowest BCUT2D eigenvalue weighted by atomic mass is 10.1. The van der Waals surface area contributed by atoms with Crippen LogP contribution < -0.4 is 11.1 Å². The monoisotopic (exact) mass is 356 g/mol. The molecule has 1 aromatic carbocycles. The first-order chi connectivity index (χ1) is 8.56. The van der Waals surface area contributed by atoms with Crippen LogP contribution in [-0.4, -0.2) is 5.91 Å².